The second-order valence-corrected chi connectivity index (χ2v) is 4.55. The Kier molecular flexibility index (Phi) is 4.28. The van der Waals surface area contributed by atoms with Crippen LogP contribution in [0.5, 0.6) is 0 Å². The first-order valence-electron chi connectivity index (χ1n) is 2.77. The van der Waals surface area contributed by atoms with E-state index in [4.69, 9.17) is 34.8 Å². The first kappa shape index (κ1) is 9.87. The van der Waals surface area contributed by atoms with E-state index in [0.717, 1.165) is 0 Å². The van der Waals surface area contributed by atoms with E-state index in [1.807, 2.05) is 13.3 Å². The Hall–Kier alpha value is 0.870. The molecule has 0 aromatic heterocycles. The third-order valence-electron chi connectivity index (χ3n) is 0.915. The molecule has 1 radical (unpaired) electrons. The van der Waals surface area contributed by atoms with Gasteiger partial charge in [-0.05, 0) is 19.8 Å². The number of rotatable bonds is 3. The third-order valence-corrected chi connectivity index (χ3v) is 1.63. The van der Waals surface area contributed by atoms with Crippen molar-refractivity contribution in [1.29, 1.82) is 0 Å². The van der Waals surface area contributed by atoms with Crippen molar-refractivity contribution in [3.8, 4) is 0 Å². The predicted molar refractivity (Wildman–Crippen MR) is 44.3 cm³/mol. The van der Waals surface area contributed by atoms with Crippen LogP contribution in [-0.2, 0) is 0 Å². The zero-order valence-electron chi connectivity index (χ0n) is 5.50. The normalized spacial score (nSPS) is 15.7. The Balaban J connectivity index is 3.47. The molecular formula is C6H10Cl3. The molecule has 0 heterocycles. The molecule has 0 fully saturated rings. The summed E-state index contributed by atoms with van der Waals surface area (Å²) in [5.41, 5.74) is 0. The first-order chi connectivity index (χ1) is 3.95. The van der Waals surface area contributed by atoms with Crippen molar-refractivity contribution in [2.75, 3.05) is 0 Å². The zero-order chi connectivity index (χ0) is 7.49. The van der Waals surface area contributed by atoms with Gasteiger partial charge in [-0.2, -0.15) is 0 Å². The van der Waals surface area contributed by atoms with Crippen molar-refractivity contribution < 1.29 is 0 Å². The quantitative estimate of drug-likeness (QED) is 0.596. The van der Waals surface area contributed by atoms with Crippen LogP contribution < -0.4 is 0 Å². The molecule has 0 rings (SSSR count). The van der Waals surface area contributed by atoms with Crippen LogP contribution in [0.4, 0.5) is 0 Å². The smallest absolute Gasteiger partial charge is 0.117 e. The second-order valence-electron chi connectivity index (χ2n) is 2.12. The summed E-state index contributed by atoms with van der Waals surface area (Å²) >= 11 is 17.1. The Morgan fingerprint density at radius 2 is 2.00 bits per heavy atom. The average molecular weight is 189 g/mol. The van der Waals surface area contributed by atoms with Gasteiger partial charge in [0.1, 0.15) is 4.33 Å². The zero-order valence-corrected chi connectivity index (χ0v) is 7.76. The van der Waals surface area contributed by atoms with E-state index in [0.29, 0.717) is 6.42 Å². The molecule has 0 saturated heterocycles. The lowest BCUT2D eigenvalue weighted by atomic mass is 10.2. The molecule has 0 spiro atoms. The second kappa shape index (κ2) is 3.90. The highest BCUT2D eigenvalue weighted by Gasteiger charge is 2.20. The molecule has 0 nitrogen and oxygen atoms in total. The molecule has 0 bridgehead atoms. The Labute approximate surface area is 71.5 Å². The third kappa shape index (κ3) is 6.76. The fraction of sp³-hybridized carbons (Fsp3) is 0.833. The van der Waals surface area contributed by atoms with Crippen molar-refractivity contribution in [1.82, 2.24) is 0 Å². The molecule has 1 atom stereocenters. The summed E-state index contributed by atoms with van der Waals surface area (Å²) < 4.78 is -0.696. The minimum absolute atomic E-state index is 0.0231. The number of hydrogen-bond donors (Lipinski definition) is 0. The Morgan fingerprint density at radius 1 is 1.56 bits per heavy atom. The lowest BCUT2D eigenvalue weighted by Gasteiger charge is -2.15. The van der Waals surface area contributed by atoms with Gasteiger partial charge >= 0.3 is 0 Å². The fourth-order valence-corrected chi connectivity index (χ4v) is 1.26. The van der Waals surface area contributed by atoms with Gasteiger partial charge in [-0.25, -0.2) is 0 Å². The predicted octanol–water partition coefficient (Wildman–Crippen LogP) is 3.40. The van der Waals surface area contributed by atoms with Gasteiger partial charge in [-0.3, -0.25) is 0 Å². The van der Waals surface area contributed by atoms with Gasteiger partial charge in [-0.1, -0.05) is 6.92 Å². The summed E-state index contributed by atoms with van der Waals surface area (Å²) in [6, 6.07) is 0. The summed E-state index contributed by atoms with van der Waals surface area (Å²) in [7, 11) is 0. The van der Waals surface area contributed by atoms with Crippen molar-refractivity contribution in [3.63, 3.8) is 0 Å². The van der Waals surface area contributed by atoms with Crippen LogP contribution in [0.3, 0.4) is 0 Å². The highest BCUT2D eigenvalue weighted by atomic mass is 35.5. The molecule has 0 aliphatic rings. The van der Waals surface area contributed by atoms with Crippen LogP contribution >= 0.6 is 34.8 Å². The Morgan fingerprint density at radius 3 is 2.11 bits per heavy atom. The van der Waals surface area contributed by atoms with Gasteiger partial charge in [0.2, 0.25) is 0 Å². The average Bonchev–Trinajstić information content (AvgIpc) is 1.62. The molecule has 55 valence electrons. The van der Waals surface area contributed by atoms with Gasteiger partial charge in [0.05, 0.1) is 0 Å². The van der Waals surface area contributed by atoms with Gasteiger partial charge in [0, 0.05) is 5.38 Å². The molecule has 1 unspecified atom stereocenters. The molecule has 0 saturated carbocycles. The van der Waals surface area contributed by atoms with Crippen LogP contribution in [0, 0.1) is 6.42 Å². The maximum absolute atomic E-state index is 5.73. The van der Waals surface area contributed by atoms with Gasteiger partial charge in [0.15, 0.2) is 0 Å². The van der Waals surface area contributed by atoms with Crippen molar-refractivity contribution >= 4 is 34.8 Å². The van der Waals surface area contributed by atoms with Crippen LogP contribution in [0.15, 0.2) is 0 Å². The van der Waals surface area contributed by atoms with Gasteiger partial charge < -0.3 is 0 Å². The first-order valence-corrected chi connectivity index (χ1v) is 3.96. The highest BCUT2D eigenvalue weighted by molar-refractivity contribution is 6.48. The lowest BCUT2D eigenvalue weighted by Crippen LogP contribution is -2.13. The molecule has 3 heteroatoms. The van der Waals surface area contributed by atoms with Gasteiger partial charge in [0.25, 0.3) is 0 Å². The topological polar surface area (TPSA) is 0 Å². The van der Waals surface area contributed by atoms with Crippen LogP contribution in [0.2, 0.25) is 0 Å². The maximum Gasteiger partial charge on any atom is 0.117 e. The van der Waals surface area contributed by atoms with Gasteiger partial charge in [-0.15, -0.1) is 34.8 Å². The highest BCUT2D eigenvalue weighted by Crippen LogP contribution is 2.28. The summed E-state index contributed by atoms with van der Waals surface area (Å²) in [6.07, 6.45) is 2.46. The summed E-state index contributed by atoms with van der Waals surface area (Å²) in [6.45, 7) is 3.62. The summed E-state index contributed by atoms with van der Waals surface area (Å²) in [5.74, 6) is 0. The fourth-order valence-electron chi connectivity index (χ4n) is 0.460. The molecule has 0 amide bonds. The van der Waals surface area contributed by atoms with Crippen LogP contribution in [-0.4, -0.2) is 9.71 Å². The number of hydrogen-bond acceptors (Lipinski definition) is 0. The standard InChI is InChI=1S/C6H10Cl3/c1-3-5(7)4-6(2,8)9/h3,5H,4H2,1-2H3. The molecule has 0 N–H and O–H groups in total. The van der Waals surface area contributed by atoms with E-state index in [-0.39, 0.29) is 5.38 Å². The van der Waals surface area contributed by atoms with Crippen LogP contribution in [0.25, 0.3) is 0 Å². The largest absolute Gasteiger partial charge is 0.123 e. The van der Waals surface area contributed by atoms with E-state index >= 15 is 0 Å². The molecular weight excluding hydrogens is 178 g/mol. The summed E-state index contributed by atoms with van der Waals surface area (Å²) in [5, 5.41) is -0.0231. The van der Waals surface area contributed by atoms with Crippen molar-refractivity contribution in [2.45, 2.75) is 30.0 Å². The Bertz CT molecular complexity index is 74.9. The van der Waals surface area contributed by atoms with Crippen molar-refractivity contribution in [3.05, 3.63) is 6.42 Å². The summed E-state index contributed by atoms with van der Waals surface area (Å²) in [4.78, 5) is 0. The molecule has 0 aromatic carbocycles. The molecule has 0 aliphatic carbocycles. The van der Waals surface area contributed by atoms with E-state index in [2.05, 4.69) is 0 Å². The minimum atomic E-state index is -0.696. The number of halogens is 3. The SMILES string of the molecule is C[CH]C(Cl)CC(C)(Cl)Cl. The molecule has 9 heavy (non-hydrogen) atoms. The van der Waals surface area contributed by atoms with Crippen LogP contribution in [0.1, 0.15) is 20.3 Å². The van der Waals surface area contributed by atoms with E-state index in [1.165, 1.54) is 0 Å². The van der Waals surface area contributed by atoms with Crippen molar-refractivity contribution in [2.24, 2.45) is 0 Å². The minimum Gasteiger partial charge on any atom is -0.123 e. The monoisotopic (exact) mass is 187 g/mol. The van der Waals surface area contributed by atoms with E-state index in [1.54, 1.807) is 6.92 Å². The maximum atomic E-state index is 5.73. The van der Waals surface area contributed by atoms with E-state index < -0.39 is 4.33 Å². The number of alkyl halides is 3. The lowest BCUT2D eigenvalue weighted by molar-refractivity contribution is 0.745. The van der Waals surface area contributed by atoms with E-state index in [9.17, 15) is 0 Å². The molecule has 0 aromatic rings. The molecule has 0 aliphatic heterocycles.